The molecule has 0 atom stereocenters. The van der Waals surface area contributed by atoms with E-state index in [0.29, 0.717) is 11.4 Å². The van der Waals surface area contributed by atoms with Crippen molar-refractivity contribution in [1.82, 2.24) is 9.97 Å². The molecule has 1 heterocycles. The van der Waals surface area contributed by atoms with Gasteiger partial charge in [-0.1, -0.05) is 36.0 Å². The number of hydrogen-bond donors (Lipinski definition) is 1. The molecule has 0 aliphatic rings. The van der Waals surface area contributed by atoms with Crippen LogP contribution in [-0.4, -0.2) is 28.7 Å². The van der Waals surface area contributed by atoms with Crippen LogP contribution < -0.4 is 10.1 Å². The zero-order valence-corrected chi connectivity index (χ0v) is 13.3. The number of carbonyl (C=O) groups excluding carboxylic acids is 1. The summed E-state index contributed by atoms with van der Waals surface area (Å²) in [4.78, 5) is 20.6. The lowest BCUT2D eigenvalue weighted by molar-refractivity contribution is -0.113. The van der Waals surface area contributed by atoms with Crippen LogP contribution in [-0.2, 0) is 4.79 Å². The van der Waals surface area contributed by atoms with E-state index in [1.165, 1.54) is 18.1 Å². The van der Waals surface area contributed by atoms with Crippen molar-refractivity contribution in [2.45, 2.75) is 5.03 Å². The maximum absolute atomic E-state index is 12.1. The lowest BCUT2D eigenvalue weighted by Gasteiger charge is -2.07. The van der Waals surface area contributed by atoms with E-state index >= 15 is 0 Å². The standard InChI is InChI=1S/C17H15N3O2S/c1-22-13-6-4-5-12(9-13)20-16(21)10-23-17-14-7-2-3-8-15(14)18-11-19-17/h2-9,11H,10H2,1H3,(H,20,21). The predicted molar refractivity (Wildman–Crippen MR) is 91.9 cm³/mol. The topological polar surface area (TPSA) is 64.1 Å². The first-order chi connectivity index (χ1) is 11.3. The second-order valence-corrected chi connectivity index (χ2v) is 5.73. The second-order valence-electron chi connectivity index (χ2n) is 4.76. The van der Waals surface area contributed by atoms with Crippen molar-refractivity contribution >= 4 is 34.3 Å². The van der Waals surface area contributed by atoms with E-state index in [9.17, 15) is 4.79 Å². The first kappa shape index (κ1) is 15.3. The molecule has 0 saturated heterocycles. The van der Waals surface area contributed by atoms with Crippen molar-refractivity contribution in [3.05, 3.63) is 54.9 Å². The zero-order valence-electron chi connectivity index (χ0n) is 12.5. The van der Waals surface area contributed by atoms with Crippen LogP contribution in [0.15, 0.2) is 59.9 Å². The Hall–Kier alpha value is -2.60. The number of nitrogens with one attached hydrogen (secondary N) is 1. The summed E-state index contributed by atoms with van der Waals surface area (Å²) in [6, 6.07) is 15.0. The summed E-state index contributed by atoms with van der Waals surface area (Å²) in [5, 5.41) is 4.61. The van der Waals surface area contributed by atoms with Gasteiger partial charge in [-0.25, -0.2) is 9.97 Å². The maximum atomic E-state index is 12.1. The Morgan fingerprint density at radius 1 is 1.17 bits per heavy atom. The average Bonchev–Trinajstić information content (AvgIpc) is 2.60. The molecular formula is C17H15N3O2S. The quantitative estimate of drug-likeness (QED) is 0.575. The summed E-state index contributed by atoms with van der Waals surface area (Å²) in [6.07, 6.45) is 1.52. The summed E-state index contributed by atoms with van der Waals surface area (Å²) in [5.41, 5.74) is 1.58. The number of thioether (sulfide) groups is 1. The molecule has 0 fully saturated rings. The van der Waals surface area contributed by atoms with E-state index in [-0.39, 0.29) is 11.7 Å². The number of carbonyl (C=O) groups is 1. The van der Waals surface area contributed by atoms with E-state index in [0.717, 1.165) is 15.9 Å². The third kappa shape index (κ3) is 3.78. The Labute approximate surface area is 138 Å². The van der Waals surface area contributed by atoms with Gasteiger partial charge in [-0.05, 0) is 18.2 Å². The van der Waals surface area contributed by atoms with Gasteiger partial charge in [-0.15, -0.1) is 0 Å². The lowest BCUT2D eigenvalue weighted by Crippen LogP contribution is -2.14. The van der Waals surface area contributed by atoms with Gasteiger partial charge in [0.05, 0.1) is 18.4 Å². The number of rotatable bonds is 5. The first-order valence-electron chi connectivity index (χ1n) is 7.03. The van der Waals surface area contributed by atoms with Crippen molar-refractivity contribution in [2.75, 3.05) is 18.2 Å². The number of anilines is 1. The fourth-order valence-corrected chi connectivity index (χ4v) is 2.92. The molecule has 1 N–H and O–H groups in total. The Morgan fingerprint density at radius 3 is 2.91 bits per heavy atom. The van der Waals surface area contributed by atoms with E-state index < -0.39 is 0 Å². The lowest BCUT2D eigenvalue weighted by atomic mass is 10.2. The Kier molecular flexibility index (Phi) is 4.73. The number of para-hydroxylation sites is 1. The van der Waals surface area contributed by atoms with Crippen LogP contribution in [0.4, 0.5) is 5.69 Å². The Morgan fingerprint density at radius 2 is 2.04 bits per heavy atom. The highest BCUT2D eigenvalue weighted by molar-refractivity contribution is 8.00. The molecule has 116 valence electrons. The third-order valence-corrected chi connectivity index (χ3v) is 4.21. The molecule has 3 aromatic rings. The van der Waals surface area contributed by atoms with Gasteiger partial charge in [0.2, 0.25) is 5.91 Å². The molecule has 0 aliphatic carbocycles. The van der Waals surface area contributed by atoms with E-state index in [4.69, 9.17) is 4.74 Å². The molecule has 1 aromatic heterocycles. The number of amides is 1. The molecule has 1 amide bonds. The predicted octanol–water partition coefficient (Wildman–Crippen LogP) is 3.37. The number of aromatic nitrogens is 2. The van der Waals surface area contributed by atoms with Crippen LogP contribution in [0.2, 0.25) is 0 Å². The van der Waals surface area contributed by atoms with Gasteiger partial charge in [0, 0.05) is 17.1 Å². The first-order valence-corrected chi connectivity index (χ1v) is 8.01. The largest absolute Gasteiger partial charge is 0.497 e. The van der Waals surface area contributed by atoms with E-state index in [2.05, 4.69) is 15.3 Å². The van der Waals surface area contributed by atoms with Crippen molar-refractivity contribution in [3.8, 4) is 5.75 Å². The minimum absolute atomic E-state index is 0.0917. The van der Waals surface area contributed by atoms with Gasteiger partial charge < -0.3 is 10.1 Å². The molecule has 0 spiro atoms. The van der Waals surface area contributed by atoms with E-state index in [1.807, 2.05) is 42.5 Å². The van der Waals surface area contributed by atoms with Crippen molar-refractivity contribution in [2.24, 2.45) is 0 Å². The van der Waals surface area contributed by atoms with Crippen LogP contribution in [0.1, 0.15) is 0 Å². The highest BCUT2D eigenvalue weighted by Crippen LogP contribution is 2.24. The summed E-state index contributed by atoms with van der Waals surface area (Å²) < 4.78 is 5.14. The molecule has 0 aliphatic heterocycles. The highest BCUT2D eigenvalue weighted by Gasteiger charge is 2.08. The number of fused-ring (bicyclic) bond motifs is 1. The van der Waals surface area contributed by atoms with Crippen molar-refractivity contribution < 1.29 is 9.53 Å². The second kappa shape index (κ2) is 7.11. The minimum atomic E-state index is -0.0917. The van der Waals surface area contributed by atoms with Gasteiger partial charge in [0.15, 0.2) is 0 Å². The molecule has 0 unspecified atom stereocenters. The Bertz CT molecular complexity index is 833. The molecule has 23 heavy (non-hydrogen) atoms. The van der Waals surface area contributed by atoms with Crippen LogP contribution in [0, 0.1) is 0 Å². The van der Waals surface area contributed by atoms with Crippen LogP contribution in [0.25, 0.3) is 10.9 Å². The van der Waals surface area contributed by atoms with Crippen LogP contribution in [0.3, 0.4) is 0 Å². The molecule has 6 heteroatoms. The summed E-state index contributed by atoms with van der Waals surface area (Å²) in [6.45, 7) is 0. The van der Waals surface area contributed by atoms with Gasteiger partial charge in [-0.3, -0.25) is 4.79 Å². The molecule has 0 saturated carbocycles. The molecule has 0 radical (unpaired) electrons. The summed E-state index contributed by atoms with van der Waals surface area (Å²) in [5.74, 6) is 0.890. The van der Waals surface area contributed by atoms with Crippen molar-refractivity contribution in [1.29, 1.82) is 0 Å². The smallest absolute Gasteiger partial charge is 0.234 e. The summed E-state index contributed by atoms with van der Waals surface area (Å²) in [7, 11) is 1.59. The van der Waals surface area contributed by atoms with Gasteiger partial charge in [0.1, 0.15) is 17.1 Å². The maximum Gasteiger partial charge on any atom is 0.234 e. The number of benzene rings is 2. The van der Waals surface area contributed by atoms with E-state index in [1.54, 1.807) is 13.2 Å². The van der Waals surface area contributed by atoms with Crippen LogP contribution >= 0.6 is 11.8 Å². The fraction of sp³-hybridized carbons (Fsp3) is 0.118. The van der Waals surface area contributed by atoms with Gasteiger partial charge >= 0.3 is 0 Å². The van der Waals surface area contributed by atoms with Gasteiger partial charge in [0.25, 0.3) is 0 Å². The SMILES string of the molecule is COc1cccc(NC(=O)CSc2ncnc3ccccc23)c1. The normalized spacial score (nSPS) is 10.5. The molecule has 5 nitrogen and oxygen atoms in total. The fourth-order valence-electron chi connectivity index (χ4n) is 2.13. The number of hydrogen-bond acceptors (Lipinski definition) is 5. The molecule has 3 rings (SSSR count). The average molecular weight is 325 g/mol. The van der Waals surface area contributed by atoms with Crippen molar-refractivity contribution in [3.63, 3.8) is 0 Å². The zero-order chi connectivity index (χ0) is 16.1. The molecular weight excluding hydrogens is 310 g/mol. The highest BCUT2D eigenvalue weighted by atomic mass is 32.2. The monoisotopic (exact) mass is 325 g/mol. The number of methoxy groups -OCH3 is 1. The molecule has 0 bridgehead atoms. The van der Waals surface area contributed by atoms with Crippen LogP contribution in [0.5, 0.6) is 5.75 Å². The number of nitrogens with zero attached hydrogens (tertiary/aromatic N) is 2. The van der Waals surface area contributed by atoms with Gasteiger partial charge in [-0.2, -0.15) is 0 Å². The summed E-state index contributed by atoms with van der Waals surface area (Å²) >= 11 is 1.39. The third-order valence-electron chi connectivity index (χ3n) is 3.20. The Balaban J connectivity index is 1.66. The molecule has 2 aromatic carbocycles. The number of ether oxygens (including phenoxy) is 1. The minimum Gasteiger partial charge on any atom is -0.497 e.